The van der Waals surface area contributed by atoms with E-state index in [1.54, 1.807) is 0 Å². The maximum atomic E-state index is 12.0. The molecule has 2 rings (SSSR count). The molecule has 98 valence electrons. The van der Waals surface area contributed by atoms with E-state index >= 15 is 0 Å². The van der Waals surface area contributed by atoms with Crippen molar-refractivity contribution in [2.24, 2.45) is 0 Å². The molecule has 0 aromatic heterocycles. The normalized spacial score (nSPS) is 17.9. The number of nitrogens with zero attached hydrogens (tertiary/aromatic N) is 2. The highest BCUT2D eigenvalue weighted by molar-refractivity contribution is 14.1. The van der Waals surface area contributed by atoms with Crippen LogP contribution in [0, 0.1) is 3.57 Å². The van der Waals surface area contributed by atoms with Gasteiger partial charge in [-0.2, -0.15) is 0 Å². The third-order valence-electron chi connectivity index (χ3n) is 3.42. The Morgan fingerprint density at radius 3 is 2.39 bits per heavy atom. The summed E-state index contributed by atoms with van der Waals surface area (Å²) < 4.78 is 1.17. The maximum absolute atomic E-state index is 12.0. The molecule has 0 N–H and O–H groups in total. The van der Waals surface area contributed by atoms with Gasteiger partial charge in [-0.25, -0.2) is 0 Å². The van der Waals surface area contributed by atoms with Crippen molar-refractivity contribution in [3.8, 4) is 0 Å². The van der Waals surface area contributed by atoms with Gasteiger partial charge in [-0.05, 0) is 41.8 Å². The molecule has 1 aromatic carbocycles. The van der Waals surface area contributed by atoms with E-state index in [9.17, 15) is 4.79 Å². The molecule has 1 saturated heterocycles. The SMILES string of the molecule is CN1CCN(CCC(=O)c2ccc(I)cc2)CC1. The van der Waals surface area contributed by atoms with Crippen LogP contribution in [0.4, 0.5) is 0 Å². The first-order valence-corrected chi connectivity index (χ1v) is 7.43. The van der Waals surface area contributed by atoms with Crippen LogP contribution in [0.2, 0.25) is 0 Å². The van der Waals surface area contributed by atoms with Crippen LogP contribution in [-0.4, -0.2) is 55.4 Å². The average molecular weight is 358 g/mol. The fourth-order valence-corrected chi connectivity index (χ4v) is 2.47. The second kappa shape index (κ2) is 6.63. The number of likely N-dealkylation sites (N-methyl/N-ethyl adjacent to an activating group) is 1. The van der Waals surface area contributed by atoms with Gasteiger partial charge in [0, 0.05) is 48.3 Å². The molecule has 0 radical (unpaired) electrons. The molecule has 0 spiro atoms. The molecule has 0 aliphatic carbocycles. The second-order valence-corrected chi connectivity index (χ2v) is 6.07. The third-order valence-corrected chi connectivity index (χ3v) is 4.14. The molecule has 1 aliphatic rings. The Morgan fingerprint density at radius 1 is 1.17 bits per heavy atom. The summed E-state index contributed by atoms with van der Waals surface area (Å²) in [5.74, 6) is 0.255. The van der Waals surface area contributed by atoms with Gasteiger partial charge >= 0.3 is 0 Å². The van der Waals surface area contributed by atoms with Crippen molar-refractivity contribution in [2.45, 2.75) is 6.42 Å². The minimum Gasteiger partial charge on any atom is -0.304 e. The number of hydrogen-bond acceptors (Lipinski definition) is 3. The number of carbonyl (C=O) groups is 1. The Hall–Kier alpha value is -0.460. The lowest BCUT2D eigenvalue weighted by molar-refractivity contribution is 0.0942. The van der Waals surface area contributed by atoms with E-state index in [0.29, 0.717) is 6.42 Å². The molecule has 18 heavy (non-hydrogen) atoms. The standard InChI is InChI=1S/C14H19IN2O/c1-16-8-10-17(11-9-16)7-6-14(18)12-2-4-13(15)5-3-12/h2-5H,6-11H2,1H3. The Balaban J connectivity index is 1.79. The molecule has 3 nitrogen and oxygen atoms in total. The number of benzene rings is 1. The number of carbonyl (C=O) groups excluding carboxylic acids is 1. The molecular weight excluding hydrogens is 339 g/mol. The van der Waals surface area contributed by atoms with E-state index in [1.807, 2.05) is 24.3 Å². The summed E-state index contributed by atoms with van der Waals surface area (Å²) in [7, 11) is 2.15. The van der Waals surface area contributed by atoms with Gasteiger partial charge in [0.2, 0.25) is 0 Å². The summed E-state index contributed by atoms with van der Waals surface area (Å²) in [4.78, 5) is 16.7. The number of halogens is 1. The van der Waals surface area contributed by atoms with E-state index in [4.69, 9.17) is 0 Å². The quantitative estimate of drug-likeness (QED) is 0.609. The number of Topliss-reactive ketones (excluding diaryl/α,β-unsaturated/α-hetero) is 1. The molecular formula is C14H19IN2O. The minimum absolute atomic E-state index is 0.255. The zero-order chi connectivity index (χ0) is 13.0. The zero-order valence-electron chi connectivity index (χ0n) is 10.7. The highest BCUT2D eigenvalue weighted by atomic mass is 127. The molecule has 0 atom stereocenters. The molecule has 1 aliphatic heterocycles. The van der Waals surface area contributed by atoms with Crippen LogP contribution in [0.15, 0.2) is 24.3 Å². The van der Waals surface area contributed by atoms with Crippen LogP contribution in [0.3, 0.4) is 0 Å². The Kier molecular flexibility index (Phi) is 5.14. The van der Waals surface area contributed by atoms with Crippen molar-refractivity contribution in [1.29, 1.82) is 0 Å². The first-order chi connectivity index (χ1) is 8.65. The van der Waals surface area contributed by atoms with Gasteiger partial charge < -0.3 is 9.80 Å². The lowest BCUT2D eigenvalue weighted by Gasteiger charge is -2.32. The zero-order valence-corrected chi connectivity index (χ0v) is 12.9. The molecule has 0 unspecified atom stereocenters. The molecule has 1 aromatic rings. The maximum Gasteiger partial charge on any atom is 0.164 e. The van der Waals surface area contributed by atoms with Crippen molar-refractivity contribution in [3.63, 3.8) is 0 Å². The molecule has 0 amide bonds. The van der Waals surface area contributed by atoms with E-state index in [1.165, 1.54) is 3.57 Å². The van der Waals surface area contributed by atoms with Gasteiger partial charge in [0.25, 0.3) is 0 Å². The Morgan fingerprint density at radius 2 is 1.78 bits per heavy atom. The van der Waals surface area contributed by atoms with Gasteiger partial charge in [-0.3, -0.25) is 4.79 Å². The van der Waals surface area contributed by atoms with E-state index in [-0.39, 0.29) is 5.78 Å². The number of hydrogen-bond donors (Lipinski definition) is 0. The first kappa shape index (κ1) is 14.0. The Bertz CT molecular complexity index is 397. The van der Waals surface area contributed by atoms with E-state index in [0.717, 1.165) is 38.3 Å². The van der Waals surface area contributed by atoms with E-state index in [2.05, 4.69) is 39.4 Å². The highest BCUT2D eigenvalue weighted by Crippen LogP contribution is 2.09. The first-order valence-electron chi connectivity index (χ1n) is 6.35. The lowest BCUT2D eigenvalue weighted by atomic mass is 10.1. The summed E-state index contributed by atoms with van der Waals surface area (Å²) in [5, 5.41) is 0. The van der Waals surface area contributed by atoms with Crippen molar-refractivity contribution >= 4 is 28.4 Å². The fourth-order valence-electron chi connectivity index (χ4n) is 2.11. The minimum atomic E-state index is 0.255. The summed E-state index contributed by atoms with van der Waals surface area (Å²) in [5.41, 5.74) is 0.838. The van der Waals surface area contributed by atoms with Gasteiger partial charge in [-0.15, -0.1) is 0 Å². The number of piperazine rings is 1. The Labute approximate surface area is 122 Å². The summed E-state index contributed by atoms with van der Waals surface area (Å²) in [6, 6.07) is 7.83. The monoisotopic (exact) mass is 358 g/mol. The topological polar surface area (TPSA) is 23.6 Å². The van der Waals surface area contributed by atoms with E-state index < -0.39 is 0 Å². The van der Waals surface area contributed by atoms with Crippen molar-refractivity contribution < 1.29 is 4.79 Å². The molecule has 0 bridgehead atoms. The number of ketones is 1. The smallest absolute Gasteiger partial charge is 0.164 e. The largest absolute Gasteiger partial charge is 0.304 e. The van der Waals surface area contributed by atoms with Gasteiger partial charge in [0.05, 0.1) is 0 Å². The fraction of sp³-hybridized carbons (Fsp3) is 0.500. The third kappa shape index (κ3) is 4.03. The van der Waals surface area contributed by atoms with Crippen LogP contribution in [0.5, 0.6) is 0 Å². The van der Waals surface area contributed by atoms with Gasteiger partial charge in [0.15, 0.2) is 5.78 Å². The summed E-state index contributed by atoms with van der Waals surface area (Å²) in [6.45, 7) is 5.26. The van der Waals surface area contributed by atoms with Crippen LogP contribution >= 0.6 is 22.6 Å². The highest BCUT2D eigenvalue weighted by Gasteiger charge is 2.15. The number of rotatable bonds is 4. The van der Waals surface area contributed by atoms with Crippen molar-refractivity contribution in [2.75, 3.05) is 39.8 Å². The van der Waals surface area contributed by atoms with Crippen molar-refractivity contribution in [3.05, 3.63) is 33.4 Å². The van der Waals surface area contributed by atoms with Crippen LogP contribution < -0.4 is 0 Å². The predicted molar refractivity (Wildman–Crippen MR) is 82.0 cm³/mol. The molecule has 4 heteroatoms. The summed E-state index contributed by atoms with van der Waals surface area (Å²) >= 11 is 2.25. The molecule has 1 heterocycles. The van der Waals surface area contributed by atoms with Crippen LogP contribution in [0.1, 0.15) is 16.8 Å². The van der Waals surface area contributed by atoms with Gasteiger partial charge in [-0.1, -0.05) is 12.1 Å². The predicted octanol–water partition coefficient (Wildman–Crippen LogP) is 2.11. The molecule has 1 fully saturated rings. The molecule has 0 saturated carbocycles. The van der Waals surface area contributed by atoms with Crippen molar-refractivity contribution in [1.82, 2.24) is 9.80 Å². The second-order valence-electron chi connectivity index (χ2n) is 4.82. The summed E-state index contributed by atoms with van der Waals surface area (Å²) in [6.07, 6.45) is 0.629. The lowest BCUT2D eigenvalue weighted by Crippen LogP contribution is -2.45. The average Bonchev–Trinajstić information content (AvgIpc) is 2.38. The van der Waals surface area contributed by atoms with Gasteiger partial charge in [0.1, 0.15) is 0 Å². The van der Waals surface area contributed by atoms with Crippen LogP contribution in [-0.2, 0) is 0 Å². The van der Waals surface area contributed by atoms with Crippen LogP contribution in [0.25, 0.3) is 0 Å².